The lowest BCUT2D eigenvalue weighted by atomic mass is 10.4. The minimum Gasteiger partial charge on any atom is -0.492 e. The van der Waals surface area contributed by atoms with Crippen LogP contribution in [0.5, 0.6) is 5.75 Å². The van der Waals surface area contributed by atoms with Crippen molar-refractivity contribution in [3.8, 4) is 5.75 Å². The molecule has 0 radical (unpaired) electrons. The molecule has 0 N–H and O–H groups in total. The average Bonchev–Trinajstić information content (AvgIpc) is 2.43. The molecule has 0 amide bonds. The van der Waals surface area contributed by atoms with Crippen LogP contribution in [0.15, 0.2) is 17.1 Å². The molecule has 0 saturated carbocycles. The largest absolute Gasteiger partial charge is 0.492 e. The molecule has 2 aromatic heterocycles. The fourth-order valence-electron chi connectivity index (χ4n) is 1.28. The van der Waals surface area contributed by atoms with Gasteiger partial charge in [0.05, 0.1) is 10.7 Å². The highest BCUT2D eigenvalue weighted by Crippen LogP contribution is 2.23. The highest BCUT2D eigenvalue weighted by atomic mass is 127. The minimum absolute atomic E-state index is 0.172. The quantitative estimate of drug-likeness (QED) is 0.727. The number of pyridine rings is 1. The molecule has 0 saturated heterocycles. The summed E-state index contributed by atoms with van der Waals surface area (Å²) in [5, 5.41) is 4.08. The summed E-state index contributed by atoms with van der Waals surface area (Å²) < 4.78 is 8.86. The fourth-order valence-corrected chi connectivity index (χ4v) is 1.90. The summed E-state index contributed by atoms with van der Waals surface area (Å²) in [5.41, 5.74) is 0.376. The Kier molecular flexibility index (Phi) is 2.22. The van der Waals surface area contributed by atoms with Crippen molar-refractivity contribution >= 4 is 28.2 Å². The topological polar surface area (TPSA) is 48.5 Å². The Morgan fingerprint density at radius 2 is 2.29 bits per heavy atom. The summed E-state index contributed by atoms with van der Waals surface area (Å²) in [6.45, 7) is 0. The zero-order valence-electron chi connectivity index (χ0n) is 7.69. The maximum Gasteiger partial charge on any atom is 0.350 e. The predicted molar refractivity (Wildman–Crippen MR) is 59.7 cm³/mol. The number of aryl methyl sites for hydroxylation is 1. The van der Waals surface area contributed by atoms with Crippen molar-refractivity contribution in [2.75, 3.05) is 7.11 Å². The normalized spacial score (nSPS) is 10.8. The Labute approximate surface area is 93.4 Å². The molecule has 6 heteroatoms. The Morgan fingerprint density at radius 3 is 2.93 bits per heavy atom. The van der Waals surface area contributed by atoms with E-state index in [9.17, 15) is 4.79 Å². The smallest absolute Gasteiger partial charge is 0.350 e. The molecule has 0 aliphatic carbocycles. The SMILES string of the molecule is COc1c(I)ccn2c(=O)n(C)nc12. The Bertz CT molecular complexity index is 543. The van der Waals surface area contributed by atoms with Crippen LogP contribution < -0.4 is 10.4 Å². The van der Waals surface area contributed by atoms with Gasteiger partial charge in [-0.2, -0.15) is 0 Å². The van der Waals surface area contributed by atoms with Gasteiger partial charge in [-0.1, -0.05) is 0 Å². The third-order valence-corrected chi connectivity index (χ3v) is 2.80. The Morgan fingerprint density at radius 1 is 1.57 bits per heavy atom. The molecule has 0 aliphatic rings. The summed E-state index contributed by atoms with van der Waals surface area (Å²) in [7, 11) is 3.18. The zero-order chi connectivity index (χ0) is 10.3. The number of nitrogens with zero attached hydrogens (tertiary/aromatic N) is 3. The van der Waals surface area contributed by atoms with Gasteiger partial charge < -0.3 is 4.74 Å². The second-order valence-corrected chi connectivity index (χ2v) is 3.96. The van der Waals surface area contributed by atoms with Crippen molar-refractivity contribution in [1.82, 2.24) is 14.2 Å². The number of fused-ring (bicyclic) bond motifs is 1. The first-order valence-corrected chi connectivity index (χ1v) is 5.01. The van der Waals surface area contributed by atoms with Gasteiger partial charge in [0.25, 0.3) is 0 Å². The maximum atomic E-state index is 11.5. The van der Waals surface area contributed by atoms with E-state index in [0.717, 1.165) is 3.57 Å². The lowest BCUT2D eigenvalue weighted by molar-refractivity contribution is 0.413. The van der Waals surface area contributed by atoms with Crippen LogP contribution in [-0.4, -0.2) is 21.3 Å². The van der Waals surface area contributed by atoms with Crippen LogP contribution >= 0.6 is 22.6 Å². The van der Waals surface area contributed by atoms with E-state index >= 15 is 0 Å². The van der Waals surface area contributed by atoms with Gasteiger partial charge in [0.15, 0.2) is 5.75 Å². The molecule has 5 nitrogen and oxygen atoms in total. The number of rotatable bonds is 1. The molecule has 2 aromatic rings. The monoisotopic (exact) mass is 305 g/mol. The fraction of sp³-hybridized carbons (Fsp3) is 0.250. The van der Waals surface area contributed by atoms with Crippen LogP contribution in [0, 0.1) is 3.57 Å². The van der Waals surface area contributed by atoms with Crippen LogP contribution in [-0.2, 0) is 7.05 Å². The van der Waals surface area contributed by atoms with Gasteiger partial charge in [0.2, 0.25) is 5.65 Å². The van der Waals surface area contributed by atoms with Gasteiger partial charge in [-0.25, -0.2) is 13.9 Å². The van der Waals surface area contributed by atoms with Gasteiger partial charge in [0, 0.05) is 13.2 Å². The second-order valence-electron chi connectivity index (χ2n) is 2.80. The number of methoxy groups -OCH3 is 1. The second kappa shape index (κ2) is 3.26. The van der Waals surface area contributed by atoms with Crippen molar-refractivity contribution in [2.24, 2.45) is 7.05 Å². The summed E-state index contributed by atoms with van der Waals surface area (Å²) in [6.07, 6.45) is 1.69. The molecule has 0 bridgehead atoms. The molecule has 0 unspecified atom stereocenters. The van der Waals surface area contributed by atoms with Crippen molar-refractivity contribution in [2.45, 2.75) is 0 Å². The van der Waals surface area contributed by atoms with Crippen molar-refractivity contribution in [3.63, 3.8) is 0 Å². The summed E-state index contributed by atoms with van der Waals surface area (Å²) >= 11 is 2.14. The molecular weight excluding hydrogens is 297 g/mol. The number of hydrogen-bond acceptors (Lipinski definition) is 3. The molecule has 0 aromatic carbocycles. The van der Waals surface area contributed by atoms with Crippen LogP contribution in [0.25, 0.3) is 5.65 Å². The molecule has 0 aliphatic heterocycles. The van der Waals surface area contributed by atoms with Crippen LogP contribution in [0.3, 0.4) is 0 Å². The molecule has 0 fully saturated rings. The number of halogens is 1. The molecule has 74 valence electrons. The van der Waals surface area contributed by atoms with E-state index in [1.165, 1.54) is 9.08 Å². The molecule has 14 heavy (non-hydrogen) atoms. The van der Waals surface area contributed by atoms with E-state index in [1.807, 2.05) is 6.07 Å². The van der Waals surface area contributed by atoms with Crippen LogP contribution in [0.4, 0.5) is 0 Å². The van der Waals surface area contributed by atoms with Crippen LogP contribution in [0.2, 0.25) is 0 Å². The minimum atomic E-state index is -0.172. The molecule has 0 spiro atoms. The lowest BCUT2D eigenvalue weighted by Gasteiger charge is -2.02. The van der Waals surface area contributed by atoms with E-state index in [4.69, 9.17) is 4.74 Å². The van der Waals surface area contributed by atoms with E-state index in [0.29, 0.717) is 11.4 Å². The third-order valence-electron chi connectivity index (χ3n) is 1.95. The molecular formula is C8H8IN3O2. The zero-order valence-corrected chi connectivity index (χ0v) is 9.85. The number of ether oxygens (including phenoxy) is 1. The van der Waals surface area contributed by atoms with Gasteiger partial charge >= 0.3 is 5.69 Å². The standard InChI is InChI=1S/C8H8IN3O2/c1-11-8(13)12-4-3-5(9)6(14-2)7(12)10-11/h3-4H,1-2H3. The van der Waals surface area contributed by atoms with E-state index in [2.05, 4.69) is 27.7 Å². The first kappa shape index (κ1) is 9.50. The molecule has 2 rings (SSSR count). The van der Waals surface area contributed by atoms with E-state index < -0.39 is 0 Å². The van der Waals surface area contributed by atoms with E-state index in [-0.39, 0.29) is 5.69 Å². The van der Waals surface area contributed by atoms with Crippen molar-refractivity contribution in [1.29, 1.82) is 0 Å². The van der Waals surface area contributed by atoms with Crippen LogP contribution in [0.1, 0.15) is 0 Å². The molecule has 0 atom stereocenters. The Hall–Kier alpha value is -1.05. The number of aromatic nitrogens is 3. The van der Waals surface area contributed by atoms with Gasteiger partial charge in [0.1, 0.15) is 0 Å². The highest BCUT2D eigenvalue weighted by molar-refractivity contribution is 14.1. The molecule has 2 heterocycles. The van der Waals surface area contributed by atoms with Crippen molar-refractivity contribution < 1.29 is 4.74 Å². The third kappa shape index (κ3) is 1.21. The summed E-state index contributed by atoms with van der Waals surface area (Å²) in [5.74, 6) is 0.630. The predicted octanol–water partition coefficient (Wildman–Crippen LogP) is 0.646. The first-order valence-electron chi connectivity index (χ1n) is 3.93. The van der Waals surface area contributed by atoms with Gasteiger partial charge in [-0.15, -0.1) is 5.10 Å². The first-order chi connectivity index (χ1) is 6.65. The maximum absolute atomic E-state index is 11.5. The lowest BCUT2D eigenvalue weighted by Crippen LogP contribution is -2.17. The number of hydrogen-bond donors (Lipinski definition) is 0. The average molecular weight is 305 g/mol. The summed E-state index contributed by atoms with van der Waals surface area (Å²) in [6, 6.07) is 1.81. The highest BCUT2D eigenvalue weighted by Gasteiger charge is 2.11. The van der Waals surface area contributed by atoms with Gasteiger partial charge in [-0.3, -0.25) is 0 Å². The van der Waals surface area contributed by atoms with Crippen molar-refractivity contribution in [3.05, 3.63) is 26.3 Å². The van der Waals surface area contributed by atoms with Gasteiger partial charge in [-0.05, 0) is 28.7 Å². The van der Waals surface area contributed by atoms with E-state index in [1.54, 1.807) is 20.4 Å². The summed E-state index contributed by atoms with van der Waals surface area (Å²) in [4.78, 5) is 11.5. The Balaban J connectivity index is 2.96.